The van der Waals surface area contributed by atoms with Gasteiger partial charge in [-0.2, -0.15) is 18.3 Å². The fraction of sp³-hybridized carbons (Fsp3) is 0.435. The predicted octanol–water partition coefficient (Wildman–Crippen LogP) is 5.49. The van der Waals surface area contributed by atoms with Crippen LogP contribution in [0, 0.1) is 0 Å². The Morgan fingerprint density at radius 3 is 2.32 bits per heavy atom. The van der Waals surface area contributed by atoms with Crippen molar-refractivity contribution in [2.75, 3.05) is 14.2 Å². The van der Waals surface area contributed by atoms with Crippen molar-refractivity contribution in [3.63, 3.8) is 0 Å². The van der Waals surface area contributed by atoms with E-state index in [1.165, 1.54) is 20.3 Å². The van der Waals surface area contributed by atoms with Gasteiger partial charge in [0.05, 0.1) is 19.9 Å². The second kappa shape index (κ2) is 8.98. The van der Waals surface area contributed by atoms with Crippen LogP contribution >= 0.6 is 11.6 Å². The Bertz CT molecular complexity index is 1230. The number of halogens is 4. The summed E-state index contributed by atoms with van der Waals surface area (Å²) in [5.74, 6) is 0.248. The minimum atomic E-state index is -4.77. The minimum Gasteiger partial charge on any atom is -0.493 e. The number of alkyl halides is 3. The number of ether oxygens (including phenoxy) is 2. The summed E-state index contributed by atoms with van der Waals surface area (Å²) in [4.78, 5) is 19.3. The van der Waals surface area contributed by atoms with Gasteiger partial charge in [0.15, 0.2) is 28.5 Å². The zero-order chi connectivity index (χ0) is 24.8. The predicted molar refractivity (Wildman–Crippen MR) is 120 cm³/mol. The minimum absolute atomic E-state index is 0.00119. The van der Waals surface area contributed by atoms with E-state index in [1.807, 2.05) is 13.8 Å². The van der Waals surface area contributed by atoms with Gasteiger partial charge in [0, 0.05) is 17.6 Å². The van der Waals surface area contributed by atoms with E-state index in [-0.39, 0.29) is 34.1 Å². The number of hydrogen-bond acceptors (Lipinski definition) is 5. The molecule has 1 aromatic carbocycles. The maximum Gasteiger partial charge on any atom is 0.433 e. The molecule has 11 heteroatoms. The maximum absolute atomic E-state index is 14.0. The molecular weight excluding hydrogens is 473 g/mol. The number of hydrogen-bond donors (Lipinski definition) is 0. The first-order chi connectivity index (χ1) is 16.1. The van der Waals surface area contributed by atoms with Crippen molar-refractivity contribution in [3.8, 4) is 22.8 Å². The van der Waals surface area contributed by atoms with E-state index in [0.29, 0.717) is 21.6 Å². The van der Waals surface area contributed by atoms with Crippen LogP contribution in [0.5, 0.6) is 11.5 Å². The van der Waals surface area contributed by atoms with Gasteiger partial charge in [0.25, 0.3) is 5.91 Å². The number of carbonyl (C=O) groups is 1. The molecule has 0 bridgehead atoms. The van der Waals surface area contributed by atoms with Crippen LogP contribution in [0.2, 0.25) is 5.02 Å². The van der Waals surface area contributed by atoms with E-state index in [0.717, 1.165) is 25.3 Å². The molecule has 0 N–H and O–H groups in total. The lowest BCUT2D eigenvalue weighted by atomic mass is 9.97. The lowest BCUT2D eigenvalue weighted by molar-refractivity contribution is -0.142. The molecule has 1 aliphatic heterocycles. The van der Waals surface area contributed by atoms with Crippen LogP contribution in [0.3, 0.4) is 0 Å². The van der Waals surface area contributed by atoms with Crippen molar-refractivity contribution in [2.24, 2.45) is 0 Å². The third-order valence-electron chi connectivity index (χ3n) is 6.13. The molecule has 34 heavy (non-hydrogen) atoms. The van der Waals surface area contributed by atoms with E-state index in [4.69, 9.17) is 21.1 Å². The zero-order valence-corrected chi connectivity index (χ0v) is 19.9. The number of benzene rings is 1. The van der Waals surface area contributed by atoms with Crippen molar-refractivity contribution in [1.82, 2.24) is 19.5 Å². The van der Waals surface area contributed by atoms with E-state index in [2.05, 4.69) is 10.1 Å². The molecule has 1 saturated heterocycles. The summed E-state index contributed by atoms with van der Waals surface area (Å²) in [6.45, 7) is 3.82. The molecule has 7 nitrogen and oxygen atoms in total. The number of methoxy groups -OCH3 is 2. The van der Waals surface area contributed by atoms with Crippen LogP contribution < -0.4 is 9.47 Å². The van der Waals surface area contributed by atoms with Gasteiger partial charge in [-0.1, -0.05) is 11.6 Å². The Kier molecular flexibility index (Phi) is 6.37. The topological polar surface area (TPSA) is 69.0 Å². The van der Waals surface area contributed by atoms with Gasteiger partial charge in [0.1, 0.15) is 5.02 Å². The van der Waals surface area contributed by atoms with Gasteiger partial charge in [-0.15, -0.1) is 0 Å². The van der Waals surface area contributed by atoms with Crippen molar-refractivity contribution < 1.29 is 27.4 Å². The second-order valence-electron chi connectivity index (χ2n) is 8.33. The fourth-order valence-electron chi connectivity index (χ4n) is 4.42. The Morgan fingerprint density at radius 1 is 1.09 bits per heavy atom. The number of piperidine rings is 1. The molecule has 2 aromatic heterocycles. The summed E-state index contributed by atoms with van der Waals surface area (Å²) in [6.07, 6.45) is -2.19. The molecule has 1 fully saturated rings. The Morgan fingerprint density at radius 2 is 1.74 bits per heavy atom. The van der Waals surface area contributed by atoms with Crippen LogP contribution in [0.4, 0.5) is 13.2 Å². The fourth-order valence-corrected chi connectivity index (χ4v) is 4.66. The smallest absolute Gasteiger partial charge is 0.433 e. The SMILES string of the molecule is COc1ccc(-c2cc(C(F)(F)F)n3nc(C(=O)N4[C@H](C)CCC[C@H]4C)c(Cl)c3n2)cc1OC. The highest BCUT2D eigenvalue weighted by molar-refractivity contribution is 6.36. The maximum atomic E-state index is 14.0. The van der Waals surface area contributed by atoms with E-state index in [9.17, 15) is 18.0 Å². The van der Waals surface area contributed by atoms with E-state index >= 15 is 0 Å². The van der Waals surface area contributed by atoms with Crippen LogP contribution in [-0.4, -0.2) is 51.7 Å². The highest BCUT2D eigenvalue weighted by atomic mass is 35.5. The van der Waals surface area contributed by atoms with Gasteiger partial charge >= 0.3 is 6.18 Å². The van der Waals surface area contributed by atoms with Gasteiger partial charge in [-0.25, -0.2) is 9.50 Å². The highest BCUT2D eigenvalue weighted by Gasteiger charge is 2.38. The van der Waals surface area contributed by atoms with Gasteiger partial charge < -0.3 is 14.4 Å². The lowest BCUT2D eigenvalue weighted by Crippen LogP contribution is -2.47. The summed E-state index contributed by atoms with van der Waals surface area (Å²) >= 11 is 6.45. The zero-order valence-electron chi connectivity index (χ0n) is 19.1. The first-order valence-electron chi connectivity index (χ1n) is 10.8. The van der Waals surface area contributed by atoms with E-state index in [1.54, 1.807) is 17.0 Å². The van der Waals surface area contributed by atoms with Crippen molar-refractivity contribution in [2.45, 2.75) is 51.4 Å². The monoisotopic (exact) mass is 496 g/mol. The van der Waals surface area contributed by atoms with Gasteiger partial charge in [0.2, 0.25) is 0 Å². The number of rotatable bonds is 4. The summed E-state index contributed by atoms with van der Waals surface area (Å²) in [7, 11) is 2.88. The van der Waals surface area contributed by atoms with Gasteiger partial charge in [-0.3, -0.25) is 4.79 Å². The van der Waals surface area contributed by atoms with Crippen LogP contribution in [0.1, 0.15) is 49.3 Å². The number of likely N-dealkylation sites (tertiary alicyclic amines) is 1. The standard InChI is InChI=1S/C23H24ClF3N4O3/c1-12-6-5-7-13(2)30(12)22(32)20-19(24)21-28-15(11-18(23(25,26)27)31(21)29-20)14-8-9-16(33-3)17(10-14)34-4/h8-13H,5-7H2,1-4H3/t12-,13-/m1/s1. The molecule has 4 rings (SSSR count). The molecular formula is C23H24ClF3N4O3. The second-order valence-corrected chi connectivity index (χ2v) is 8.71. The molecule has 0 radical (unpaired) electrons. The average molecular weight is 497 g/mol. The first kappa shape index (κ1) is 24.1. The molecule has 0 aliphatic carbocycles. The number of fused-ring (bicyclic) bond motifs is 1. The van der Waals surface area contributed by atoms with Crippen LogP contribution in [0.15, 0.2) is 24.3 Å². The third kappa shape index (κ3) is 4.15. The molecule has 0 spiro atoms. The average Bonchev–Trinajstić information content (AvgIpc) is 3.13. The Hall–Kier alpha value is -3.01. The summed E-state index contributed by atoms with van der Waals surface area (Å²) < 4.78 is 53.1. The van der Waals surface area contributed by atoms with Crippen molar-refractivity contribution in [1.29, 1.82) is 0 Å². The number of amides is 1. The Labute approximate surface area is 199 Å². The molecule has 2 atom stereocenters. The summed E-state index contributed by atoms with van der Waals surface area (Å²) in [5, 5.41) is 3.77. The lowest BCUT2D eigenvalue weighted by Gasteiger charge is -2.38. The molecule has 0 unspecified atom stereocenters. The van der Waals surface area contributed by atoms with Gasteiger partial charge in [-0.05, 0) is 57.4 Å². The summed E-state index contributed by atoms with van der Waals surface area (Å²) in [6, 6.07) is 5.38. The summed E-state index contributed by atoms with van der Waals surface area (Å²) in [5.41, 5.74) is -1.23. The molecule has 3 aromatic rings. The Balaban J connectivity index is 1.89. The molecule has 1 aliphatic rings. The number of carbonyl (C=O) groups excluding carboxylic acids is 1. The third-order valence-corrected chi connectivity index (χ3v) is 6.48. The quantitative estimate of drug-likeness (QED) is 0.478. The molecule has 0 saturated carbocycles. The normalized spacial score (nSPS) is 18.9. The van der Waals surface area contributed by atoms with Crippen LogP contribution in [0.25, 0.3) is 16.9 Å². The number of aromatic nitrogens is 3. The molecule has 182 valence electrons. The van der Waals surface area contributed by atoms with E-state index < -0.39 is 17.8 Å². The first-order valence-corrected chi connectivity index (χ1v) is 11.2. The molecule has 3 heterocycles. The van der Waals surface area contributed by atoms with Crippen LogP contribution in [-0.2, 0) is 6.18 Å². The molecule has 1 amide bonds. The van der Waals surface area contributed by atoms with Crippen molar-refractivity contribution in [3.05, 3.63) is 40.7 Å². The number of nitrogens with zero attached hydrogens (tertiary/aromatic N) is 4. The van der Waals surface area contributed by atoms with Crippen molar-refractivity contribution >= 4 is 23.2 Å². The largest absolute Gasteiger partial charge is 0.493 e. The highest BCUT2D eigenvalue weighted by Crippen LogP contribution is 2.37.